The van der Waals surface area contributed by atoms with Crippen LogP contribution in [0.4, 0.5) is 5.69 Å². The zero-order valence-corrected chi connectivity index (χ0v) is 12.8. The molecule has 2 atom stereocenters. The monoisotopic (exact) mass is 318 g/mol. The van der Waals surface area contributed by atoms with Crippen molar-refractivity contribution in [3.8, 4) is 0 Å². The fourth-order valence-corrected chi connectivity index (χ4v) is 4.17. The van der Waals surface area contributed by atoms with Crippen molar-refractivity contribution in [2.75, 3.05) is 4.90 Å². The Balaban J connectivity index is 1.99. The van der Waals surface area contributed by atoms with Gasteiger partial charge in [0.1, 0.15) is 0 Å². The zero-order chi connectivity index (χ0) is 13.6. The lowest BCUT2D eigenvalue weighted by Gasteiger charge is -2.50. The number of anilines is 1. The lowest BCUT2D eigenvalue weighted by atomic mass is 9.81. The number of hydrogen-bond donors (Lipinski definition) is 1. The van der Waals surface area contributed by atoms with Gasteiger partial charge in [-0.15, -0.1) is 0 Å². The topological polar surface area (TPSA) is 29.3 Å². The molecule has 0 radical (unpaired) electrons. The first-order valence-corrected chi connectivity index (χ1v) is 7.88. The maximum Gasteiger partial charge on any atom is 0.0655 e. The van der Waals surface area contributed by atoms with Crippen LogP contribution in [0.1, 0.15) is 32.1 Å². The van der Waals surface area contributed by atoms with E-state index in [-0.39, 0.29) is 0 Å². The van der Waals surface area contributed by atoms with Crippen LogP contribution in [0.5, 0.6) is 0 Å². The predicted octanol–water partition coefficient (Wildman–Crippen LogP) is 4.50. The fraction of sp³-hybridized carbons (Fsp3) is 0.571. The Labute approximate surface area is 128 Å². The Hall–Kier alpha value is -0.150. The first-order valence-electron chi connectivity index (χ1n) is 6.74. The standard InChI is InChI=1S/C14H17Cl3N2/c15-11-6-13(17)14(7-12(11)16)19-9-2-1-3-10(19)5-8(18)4-9/h6-10H,1-5,18H2. The van der Waals surface area contributed by atoms with Crippen LogP contribution in [0.3, 0.4) is 0 Å². The minimum Gasteiger partial charge on any atom is -0.364 e. The van der Waals surface area contributed by atoms with Crippen molar-refractivity contribution in [1.29, 1.82) is 0 Å². The quantitative estimate of drug-likeness (QED) is 0.772. The van der Waals surface area contributed by atoms with Crippen molar-refractivity contribution in [3.05, 3.63) is 27.2 Å². The van der Waals surface area contributed by atoms with E-state index in [0.29, 0.717) is 33.2 Å². The summed E-state index contributed by atoms with van der Waals surface area (Å²) in [5.41, 5.74) is 7.16. The van der Waals surface area contributed by atoms with E-state index < -0.39 is 0 Å². The number of halogens is 3. The number of fused-ring (bicyclic) bond motifs is 2. The van der Waals surface area contributed by atoms with Crippen molar-refractivity contribution >= 4 is 40.5 Å². The summed E-state index contributed by atoms with van der Waals surface area (Å²) >= 11 is 18.5. The normalized spacial score (nSPS) is 30.5. The summed E-state index contributed by atoms with van der Waals surface area (Å²) < 4.78 is 0. The molecule has 2 saturated heterocycles. The molecule has 1 aromatic carbocycles. The van der Waals surface area contributed by atoms with Gasteiger partial charge in [-0.05, 0) is 44.2 Å². The molecule has 1 aromatic rings. The highest BCUT2D eigenvalue weighted by Crippen LogP contribution is 2.42. The first kappa shape index (κ1) is 13.8. The van der Waals surface area contributed by atoms with E-state index in [4.69, 9.17) is 40.5 Å². The molecule has 2 N–H and O–H groups in total. The molecule has 0 amide bonds. The van der Waals surface area contributed by atoms with Crippen LogP contribution in [-0.4, -0.2) is 18.1 Å². The number of nitrogens with zero attached hydrogens (tertiary/aromatic N) is 1. The van der Waals surface area contributed by atoms with Gasteiger partial charge in [0.15, 0.2) is 0 Å². The Morgan fingerprint density at radius 2 is 1.53 bits per heavy atom. The minimum atomic E-state index is 0.313. The predicted molar refractivity (Wildman–Crippen MR) is 82.6 cm³/mol. The van der Waals surface area contributed by atoms with Crippen molar-refractivity contribution < 1.29 is 0 Å². The number of piperidine rings is 2. The highest BCUT2D eigenvalue weighted by molar-refractivity contribution is 6.44. The van der Waals surface area contributed by atoms with Crippen LogP contribution < -0.4 is 10.6 Å². The molecule has 2 heterocycles. The van der Waals surface area contributed by atoms with E-state index in [2.05, 4.69) is 4.90 Å². The third kappa shape index (κ3) is 2.56. The van der Waals surface area contributed by atoms with Crippen LogP contribution in [0, 0.1) is 0 Å². The molecule has 2 aliphatic rings. The van der Waals surface area contributed by atoms with Crippen LogP contribution in [-0.2, 0) is 0 Å². The lowest BCUT2D eigenvalue weighted by molar-refractivity contribution is 0.271. The lowest BCUT2D eigenvalue weighted by Crippen LogP contribution is -2.55. The van der Waals surface area contributed by atoms with Gasteiger partial charge in [0.2, 0.25) is 0 Å². The molecule has 0 saturated carbocycles. The second-order valence-corrected chi connectivity index (χ2v) is 6.82. The smallest absolute Gasteiger partial charge is 0.0655 e. The van der Waals surface area contributed by atoms with Crippen LogP contribution in [0.25, 0.3) is 0 Å². The Morgan fingerprint density at radius 1 is 0.947 bits per heavy atom. The van der Waals surface area contributed by atoms with Gasteiger partial charge in [0, 0.05) is 18.1 Å². The van der Waals surface area contributed by atoms with Gasteiger partial charge in [-0.2, -0.15) is 0 Å². The van der Waals surface area contributed by atoms with Gasteiger partial charge in [0.05, 0.1) is 20.8 Å². The third-order valence-corrected chi connectivity index (χ3v) is 5.30. The highest BCUT2D eigenvalue weighted by atomic mass is 35.5. The number of nitrogens with two attached hydrogens (primary N) is 1. The second-order valence-electron chi connectivity index (χ2n) is 5.60. The zero-order valence-electron chi connectivity index (χ0n) is 10.6. The minimum absolute atomic E-state index is 0.313. The molecular formula is C14H17Cl3N2. The van der Waals surface area contributed by atoms with Crippen molar-refractivity contribution in [1.82, 2.24) is 0 Å². The molecule has 2 aliphatic heterocycles. The SMILES string of the molecule is NC1CC2CCCC(C1)N2c1cc(Cl)c(Cl)cc1Cl. The van der Waals surface area contributed by atoms with Crippen molar-refractivity contribution in [3.63, 3.8) is 0 Å². The van der Waals surface area contributed by atoms with Gasteiger partial charge in [-0.25, -0.2) is 0 Å². The highest BCUT2D eigenvalue weighted by Gasteiger charge is 2.38. The van der Waals surface area contributed by atoms with Crippen LogP contribution in [0.15, 0.2) is 12.1 Å². The number of hydrogen-bond acceptors (Lipinski definition) is 2. The second kappa shape index (κ2) is 5.33. The van der Waals surface area contributed by atoms with Crippen LogP contribution in [0.2, 0.25) is 15.1 Å². The van der Waals surface area contributed by atoms with Gasteiger partial charge in [-0.1, -0.05) is 34.8 Å². The maximum absolute atomic E-state index is 6.37. The molecule has 2 bridgehead atoms. The fourth-order valence-electron chi connectivity index (χ4n) is 3.53. The van der Waals surface area contributed by atoms with Gasteiger partial charge in [-0.3, -0.25) is 0 Å². The molecule has 0 aromatic heterocycles. The summed E-state index contributed by atoms with van der Waals surface area (Å²) in [5, 5.41) is 1.75. The van der Waals surface area contributed by atoms with Gasteiger partial charge < -0.3 is 10.6 Å². The van der Waals surface area contributed by atoms with E-state index in [1.54, 1.807) is 6.07 Å². The molecule has 0 aliphatic carbocycles. The molecule has 2 fully saturated rings. The molecular weight excluding hydrogens is 303 g/mol. The Morgan fingerprint density at radius 3 is 2.16 bits per heavy atom. The molecule has 2 nitrogen and oxygen atoms in total. The summed E-state index contributed by atoms with van der Waals surface area (Å²) in [6.45, 7) is 0. The molecule has 5 heteroatoms. The van der Waals surface area contributed by atoms with Gasteiger partial charge >= 0.3 is 0 Å². The average Bonchev–Trinajstić information content (AvgIpc) is 2.33. The average molecular weight is 320 g/mol. The summed E-state index contributed by atoms with van der Waals surface area (Å²) in [4.78, 5) is 2.43. The van der Waals surface area contributed by atoms with Crippen molar-refractivity contribution in [2.45, 2.75) is 50.2 Å². The molecule has 19 heavy (non-hydrogen) atoms. The van der Waals surface area contributed by atoms with E-state index in [1.165, 1.54) is 19.3 Å². The molecule has 3 rings (SSSR count). The summed E-state index contributed by atoms with van der Waals surface area (Å²) in [6, 6.07) is 4.92. The largest absolute Gasteiger partial charge is 0.364 e. The molecule has 104 valence electrons. The van der Waals surface area contributed by atoms with Crippen molar-refractivity contribution in [2.24, 2.45) is 5.73 Å². The van der Waals surface area contributed by atoms with E-state index in [1.807, 2.05) is 6.07 Å². The summed E-state index contributed by atoms with van der Waals surface area (Å²) in [7, 11) is 0. The Bertz CT molecular complexity index is 478. The summed E-state index contributed by atoms with van der Waals surface area (Å²) in [5.74, 6) is 0. The van der Waals surface area contributed by atoms with E-state index >= 15 is 0 Å². The molecule has 2 unspecified atom stereocenters. The summed E-state index contributed by atoms with van der Waals surface area (Å²) in [6.07, 6.45) is 5.71. The van der Waals surface area contributed by atoms with E-state index in [9.17, 15) is 0 Å². The number of benzene rings is 1. The van der Waals surface area contributed by atoms with E-state index in [0.717, 1.165) is 18.5 Å². The van der Waals surface area contributed by atoms with Gasteiger partial charge in [0.25, 0.3) is 0 Å². The third-order valence-electron chi connectivity index (χ3n) is 4.28. The van der Waals surface area contributed by atoms with Crippen LogP contribution >= 0.6 is 34.8 Å². The first-order chi connectivity index (χ1) is 9.06. The number of rotatable bonds is 1. The molecule has 0 spiro atoms. The Kier molecular flexibility index (Phi) is 3.87. The maximum atomic E-state index is 6.37.